The van der Waals surface area contributed by atoms with E-state index in [1.165, 1.54) is 76.1 Å². The summed E-state index contributed by atoms with van der Waals surface area (Å²) < 4.78 is 0. The van der Waals surface area contributed by atoms with Crippen LogP contribution in [0, 0.1) is 23.7 Å². The molecule has 0 unspecified atom stereocenters. The fourth-order valence-corrected chi connectivity index (χ4v) is 12.5. The molecular formula is C57H43N3. The molecule has 1 spiro atoms. The standard InChI is InChI=1S/C57H43N3/c1-2-9-37(10-3-1)39-17-20-41(21-18-39)54-58-55(60-56(59-54)46-22-19-38-11-4-5-13-42(38)32-46)45-15-8-14-43(33-45)44-24-26-52-51(34-44)50-25-23-40-12-6-7-16-49(40)53(50)57(52)47-28-35-27-36(30-47)31-48(57)29-35/h1-26,32-36,47-48H,27-31H2. The van der Waals surface area contributed by atoms with Gasteiger partial charge in [-0.2, -0.15) is 0 Å². The van der Waals surface area contributed by atoms with Crippen LogP contribution in [0.15, 0.2) is 176 Å². The number of fused-ring (bicyclic) bond motifs is 6. The highest BCUT2D eigenvalue weighted by atomic mass is 15.0. The summed E-state index contributed by atoms with van der Waals surface area (Å²) in [7, 11) is 0. The largest absolute Gasteiger partial charge is 0.208 e. The van der Waals surface area contributed by atoms with E-state index in [-0.39, 0.29) is 5.41 Å². The molecule has 1 aromatic heterocycles. The van der Waals surface area contributed by atoms with E-state index in [9.17, 15) is 0 Å². The molecule has 60 heavy (non-hydrogen) atoms. The molecule has 0 amide bonds. The summed E-state index contributed by atoms with van der Waals surface area (Å²) in [4.78, 5) is 15.5. The molecule has 0 aliphatic heterocycles. The number of rotatable bonds is 5. The minimum atomic E-state index is 0.110. The molecule has 4 fully saturated rings. The Labute approximate surface area is 350 Å². The van der Waals surface area contributed by atoms with E-state index in [0.717, 1.165) is 51.3 Å². The zero-order chi connectivity index (χ0) is 39.4. The number of aromatic nitrogens is 3. The van der Waals surface area contributed by atoms with E-state index in [4.69, 9.17) is 15.0 Å². The van der Waals surface area contributed by atoms with E-state index in [1.807, 2.05) is 0 Å². The Morgan fingerprint density at radius 1 is 0.350 bits per heavy atom. The molecule has 14 rings (SSSR count). The van der Waals surface area contributed by atoms with Crippen LogP contribution in [0.25, 0.3) is 89.1 Å². The molecule has 0 radical (unpaired) electrons. The zero-order valence-corrected chi connectivity index (χ0v) is 33.4. The summed E-state index contributed by atoms with van der Waals surface area (Å²) in [6.45, 7) is 0. The van der Waals surface area contributed by atoms with Crippen molar-refractivity contribution in [2.24, 2.45) is 23.7 Å². The van der Waals surface area contributed by atoms with Crippen LogP contribution >= 0.6 is 0 Å². The van der Waals surface area contributed by atoms with Crippen LogP contribution < -0.4 is 0 Å². The van der Waals surface area contributed by atoms with Gasteiger partial charge < -0.3 is 0 Å². The van der Waals surface area contributed by atoms with Crippen molar-refractivity contribution in [2.45, 2.75) is 37.5 Å². The molecule has 3 nitrogen and oxygen atoms in total. The quantitative estimate of drug-likeness (QED) is 0.175. The number of hydrogen-bond donors (Lipinski definition) is 0. The maximum Gasteiger partial charge on any atom is 0.164 e. The lowest BCUT2D eigenvalue weighted by Crippen LogP contribution is -2.55. The lowest BCUT2D eigenvalue weighted by atomic mass is 9.43. The Morgan fingerprint density at radius 3 is 1.65 bits per heavy atom. The van der Waals surface area contributed by atoms with E-state index in [1.54, 1.807) is 11.1 Å². The highest BCUT2D eigenvalue weighted by molar-refractivity contribution is 5.99. The first-order valence-electron chi connectivity index (χ1n) is 21.8. The van der Waals surface area contributed by atoms with Crippen LogP contribution in [-0.4, -0.2) is 15.0 Å². The van der Waals surface area contributed by atoms with Gasteiger partial charge in [-0.05, 0) is 140 Å². The van der Waals surface area contributed by atoms with Gasteiger partial charge in [0.2, 0.25) is 0 Å². The lowest BCUT2D eigenvalue weighted by molar-refractivity contribution is -0.0393. The third kappa shape index (κ3) is 5.18. The van der Waals surface area contributed by atoms with Crippen LogP contribution in [0.1, 0.15) is 43.2 Å². The van der Waals surface area contributed by atoms with Crippen molar-refractivity contribution < 1.29 is 0 Å². The molecule has 5 aliphatic carbocycles. The molecule has 0 atom stereocenters. The minimum absolute atomic E-state index is 0.110. The van der Waals surface area contributed by atoms with Crippen molar-refractivity contribution in [1.82, 2.24) is 15.0 Å². The van der Waals surface area contributed by atoms with Gasteiger partial charge in [0.15, 0.2) is 17.5 Å². The molecular weight excluding hydrogens is 727 g/mol. The average molecular weight is 770 g/mol. The Hall–Kier alpha value is -6.71. The topological polar surface area (TPSA) is 38.7 Å². The first-order valence-corrected chi connectivity index (χ1v) is 21.8. The van der Waals surface area contributed by atoms with Gasteiger partial charge in [0, 0.05) is 22.1 Å². The molecule has 4 saturated carbocycles. The number of nitrogens with zero attached hydrogens (tertiary/aromatic N) is 3. The number of hydrogen-bond acceptors (Lipinski definition) is 3. The summed E-state index contributed by atoms with van der Waals surface area (Å²) in [6.07, 6.45) is 6.98. The lowest BCUT2D eigenvalue weighted by Gasteiger charge is -2.61. The normalized spacial score (nSPS) is 22.1. The third-order valence-electron chi connectivity index (χ3n) is 14.9. The zero-order valence-electron chi connectivity index (χ0n) is 33.4. The molecule has 3 heteroatoms. The third-order valence-corrected chi connectivity index (χ3v) is 14.9. The molecule has 0 N–H and O–H groups in total. The van der Waals surface area contributed by atoms with Crippen molar-refractivity contribution in [2.75, 3.05) is 0 Å². The van der Waals surface area contributed by atoms with Gasteiger partial charge in [-0.3, -0.25) is 0 Å². The molecule has 286 valence electrons. The van der Waals surface area contributed by atoms with Crippen molar-refractivity contribution in [3.05, 3.63) is 187 Å². The summed E-state index contributed by atoms with van der Waals surface area (Å²) >= 11 is 0. The highest BCUT2D eigenvalue weighted by Gasteiger charge is 2.62. The fourth-order valence-electron chi connectivity index (χ4n) is 12.5. The summed E-state index contributed by atoms with van der Waals surface area (Å²) in [5.74, 6) is 5.26. The van der Waals surface area contributed by atoms with Crippen molar-refractivity contribution in [1.29, 1.82) is 0 Å². The molecule has 4 bridgehead atoms. The Balaban J connectivity index is 0.937. The number of benzene rings is 8. The summed E-state index contributed by atoms with van der Waals surface area (Å²) in [6, 6.07) is 64.3. The Kier molecular flexibility index (Phi) is 7.49. The van der Waals surface area contributed by atoms with Crippen molar-refractivity contribution in [3.8, 4) is 67.5 Å². The maximum absolute atomic E-state index is 5.20. The second-order valence-electron chi connectivity index (χ2n) is 18.0. The van der Waals surface area contributed by atoms with Gasteiger partial charge in [0.05, 0.1) is 0 Å². The second kappa shape index (κ2) is 13.1. The van der Waals surface area contributed by atoms with E-state index < -0.39 is 0 Å². The molecule has 5 aliphatic rings. The van der Waals surface area contributed by atoms with Gasteiger partial charge in [-0.1, -0.05) is 158 Å². The molecule has 8 aromatic carbocycles. The Morgan fingerprint density at radius 2 is 0.883 bits per heavy atom. The van der Waals surface area contributed by atoms with Gasteiger partial charge >= 0.3 is 0 Å². The van der Waals surface area contributed by atoms with E-state index in [0.29, 0.717) is 17.5 Å². The van der Waals surface area contributed by atoms with Crippen LogP contribution in [0.3, 0.4) is 0 Å². The molecule has 1 heterocycles. The van der Waals surface area contributed by atoms with Crippen LogP contribution in [0.2, 0.25) is 0 Å². The van der Waals surface area contributed by atoms with Crippen LogP contribution in [0.5, 0.6) is 0 Å². The van der Waals surface area contributed by atoms with E-state index >= 15 is 0 Å². The second-order valence-corrected chi connectivity index (χ2v) is 18.0. The predicted octanol–water partition coefficient (Wildman–Crippen LogP) is 14.2. The SMILES string of the molecule is c1ccc(-c2ccc(-c3nc(-c4cccc(-c5ccc6c(c5)-c5ccc7ccccc7c5C65C6CC7CC(C6)CC5C7)c4)nc(-c4ccc5ccccc5c4)n3)cc2)cc1. The Bertz CT molecular complexity index is 3140. The first kappa shape index (κ1) is 34.2. The van der Waals surface area contributed by atoms with Gasteiger partial charge in [0.1, 0.15) is 0 Å². The fraction of sp³-hybridized carbons (Fsp3) is 0.175. The van der Waals surface area contributed by atoms with Gasteiger partial charge in [-0.15, -0.1) is 0 Å². The first-order chi connectivity index (χ1) is 29.7. The maximum atomic E-state index is 5.20. The van der Waals surface area contributed by atoms with Crippen molar-refractivity contribution in [3.63, 3.8) is 0 Å². The monoisotopic (exact) mass is 769 g/mol. The van der Waals surface area contributed by atoms with Crippen LogP contribution in [0.4, 0.5) is 0 Å². The van der Waals surface area contributed by atoms with E-state index in [2.05, 4.69) is 176 Å². The average Bonchev–Trinajstić information content (AvgIpc) is 3.61. The molecule has 9 aromatic rings. The minimum Gasteiger partial charge on any atom is -0.208 e. The smallest absolute Gasteiger partial charge is 0.164 e. The predicted molar refractivity (Wildman–Crippen MR) is 245 cm³/mol. The molecule has 0 saturated heterocycles. The summed E-state index contributed by atoms with van der Waals surface area (Å²) in [5.41, 5.74) is 13.9. The van der Waals surface area contributed by atoms with Gasteiger partial charge in [-0.25, -0.2) is 15.0 Å². The van der Waals surface area contributed by atoms with Gasteiger partial charge in [0.25, 0.3) is 0 Å². The summed E-state index contributed by atoms with van der Waals surface area (Å²) in [5, 5.41) is 5.19. The highest BCUT2D eigenvalue weighted by Crippen LogP contribution is 2.70. The van der Waals surface area contributed by atoms with Crippen LogP contribution in [-0.2, 0) is 5.41 Å². The van der Waals surface area contributed by atoms with Crippen molar-refractivity contribution >= 4 is 21.5 Å².